The maximum absolute atomic E-state index is 5.90. The van der Waals surface area contributed by atoms with Gasteiger partial charge in [-0.15, -0.1) is 5.10 Å². The van der Waals surface area contributed by atoms with Gasteiger partial charge in [-0.1, -0.05) is 22.8 Å². The standard InChI is InChI=1S/C14H20N4O/c1-9(2)18-13(11(4)15)16-17-14(18)19-12-7-5-10(3)6-8-12/h5-9,11H,15H2,1-4H3/t11-/m1/s1. The van der Waals surface area contributed by atoms with Crippen LogP contribution < -0.4 is 10.5 Å². The predicted molar refractivity (Wildman–Crippen MR) is 74.3 cm³/mol. The van der Waals surface area contributed by atoms with Crippen molar-refractivity contribution in [2.75, 3.05) is 0 Å². The second-order valence-electron chi connectivity index (χ2n) is 5.01. The lowest BCUT2D eigenvalue weighted by atomic mass is 10.2. The summed E-state index contributed by atoms with van der Waals surface area (Å²) in [6, 6.07) is 8.32. The molecule has 0 aliphatic heterocycles. The van der Waals surface area contributed by atoms with Gasteiger partial charge in [0.05, 0.1) is 6.04 Å². The molecular formula is C14H20N4O. The molecule has 1 atom stereocenters. The number of aryl methyl sites for hydroxylation is 1. The van der Waals surface area contributed by atoms with Crippen LogP contribution >= 0.6 is 0 Å². The van der Waals surface area contributed by atoms with Crippen molar-refractivity contribution >= 4 is 0 Å². The summed E-state index contributed by atoms with van der Waals surface area (Å²) >= 11 is 0. The van der Waals surface area contributed by atoms with Crippen molar-refractivity contribution in [3.8, 4) is 11.8 Å². The van der Waals surface area contributed by atoms with E-state index in [0.717, 1.165) is 11.6 Å². The molecule has 0 saturated heterocycles. The molecule has 0 saturated carbocycles. The third-order valence-electron chi connectivity index (χ3n) is 2.84. The first kappa shape index (κ1) is 13.5. The van der Waals surface area contributed by atoms with E-state index in [4.69, 9.17) is 10.5 Å². The molecular weight excluding hydrogens is 240 g/mol. The molecule has 2 N–H and O–H groups in total. The molecule has 0 spiro atoms. The molecule has 0 unspecified atom stereocenters. The molecule has 2 rings (SSSR count). The van der Waals surface area contributed by atoms with Gasteiger partial charge in [-0.3, -0.25) is 4.57 Å². The highest BCUT2D eigenvalue weighted by Crippen LogP contribution is 2.25. The Kier molecular flexibility index (Phi) is 3.85. The molecule has 1 aromatic heterocycles. The lowest BCUT2D eigenvalue weighted by molar-refractivity contribution is 0.387. The minimum atomic E-state index is -0.176. The first-order valence-electron chi connectivity index (χ1n) is 6.44. The number of benzene rings is 1. The Morgan fingerprint density at radius 1 is 1.11 bits per heavy atom. The molecule has 0 aliphatic rings. The van der Waals surface area contributed by atoms with Gasteiger partial charge >= 0.3 is 6.01 Å². The SMILES string of the molecule is Cc1ccc(Oc2nnc([C@@H](C)N)n2C(C)C)cc1. The number of nitrogens with zero attached hydrogens (tertiary/aromatic N) is 3. The fraction of sp³-hybridized carbons (Fsp3) is 0.429. The average molecular weight is 260 g/mol. The van der Waals surface area contributed by atoms with Crippen LogP contribution in [0.5, 0.6) is 11.8 Å². The van der Waals surface area contributed by atoms with Crippen LogP contribution in [0.15, 0.2) is 24.3 Å². The summed E-state index contributed by atoms with van der Waals surface area (Å²) in [5, 5.41) is 8.20. The molecule has 2 aromatic rings. The zero-order chi connectivity index (χ0) is 14.0. The molecule has 19 heavy (non-hydrogen) atoms. The van der Waals surface area contributed by atoms with Crippen molar-refractivity contribution in [2.24, 2.45) is 5.73 Å². The van der Waals surface area contributed by atoms with Crippen molar-refractivity contribution in [1.82, 2.24) is 14.8 Å². The largest absolute Gasteiger partial charge is 0.424 e. The van der Waals surface area contributed by atoms with Crippen LogP contribution in [0.3, 0.4) is 0 Å². The third-order valence-corrected chi connectivity index (χ3v) is 2.84. The van der Waals surface area contributed by atoms with Crippen LogP contribution in [-0.4, -0.2) is 14.8 Å². The minimum Gasteiger partial charge on any atom is -0.424 e. The predicted octanol–water partition coefficient (Wildman–Crippen LogP) is 2.98. The summed E-state index contributed by atoms with van der Waals surface area (Å²) in [4.78, 5) is 0. The van der Waals surface area contributed by atoms with E-state index < -0.39 is 0 Å². The maximum atomic E-state index is 5.90. The molecule has 5 nitrogen and oxygen atoms in total. The summed E-state index contributed by atoms with van der Waals surface area (Å²) < 4.78 is 7.71. The van der Waals surface area contributed by atoms with Gasteiger partial charge in [0.15, 0.2) is 5.82 Å². The van der Waals surface area contributed by atoms with Crippen molar-refractivity contribution in [1.29, 1.82) is 0 Å². The smallest absolute Gasteiger partial charge is 0.322 e. The van der Waals surface area contributed by atoms with Crippen molar-refractivity contribution in [2.45, 2.75) is 39.8 Å². The zero-order valence-electron chi connectivity index (χ0n) is 11.8. The highest BCUT2D eigenvalue weighted by molar-refractivity contribution is 5.28. The highest BCUT2D eigenvalue weighted by Gasteiger charge is 2.18. The Balaban J connectivity index is 2.32. The molecule has 1 heterocycles. The minimum absolute atomic E-state index is 0.176. The number of nitrogens with two attached hydrogens (primary N) is 1. The van der Waals surface area contributed by atoms with Crippen molar-refractivity contribution in [3.63, 3.8) is 0 Å². The van der Waals surface area contributed by atoms with E-state index in [1.165, 1.54) is 5.56 Å². The lowest BCUT2D eigenvalue weighted by Gasteiger charge is -2.15. The van der Waals surface area contributed by atoms with Gasteiger partial charge in [0.1, 0.15) is 5.75 Å². The average Bonchev–Trinajstić information content (AvgIpc) is 2.76. The molecule has 0 bridgehead atoms. The third kappa shape index (κ3) is 2.93. The number of hydrogen-bond donors (Lipinski definition) is 1. The second-order valence-corrected chi connectivity index (χ2v) is 5.01. The van der Waals surface area contributed by atoms with Crippen LogP contribution in [0, 0.1) is 6.92 Å². The highest BCUT2D eigenvalue weighted by atomic mass is 16.5. The molecule has 1 aromatic carbocycles. The van der Waals surface area contributed by atoms with E-state index in [1.54, 1.807) is 0 Å². The lowest BCUT2D eigenvalue weighted by Crippen LogP contribution is -2.15. The van der Waals surface area contributed by atoms with Crippen LogP contribution in [0.4, 0.5) is 0 Å². The molecule has 0 aliphatic carbocycles. The fourth-order valence-corrected chi connectivity index (χ4v) is 1.87. The monoisotopic (exact) mass is 260 g/mol. The van der Waals surface area contributed by atoms with Gasteiger partial charge in [-0.25, -0.2) is 0 Å². The quantitative estimate of drug-likeness (QED) is 0.917. The van der Waals surface area contributed by atoms with E-state index in [-0.39, 0.29) is 12.1 Å². The first-order valence-corrected chi connectivity index (χ1v) is 6.44. The summed E-state index contributed by atoms with van der Waals surface area (Å²) in [6.45, 7) is 8.03. The number of hydrogen-bond acceptors (Lipinski definition) is 4. The summed E-state index contributed by atoms with van der Waals surface area (Å²) in [6.07, 6.45) is 0. The summed E-state index contributed by atoms with van der Waals surface area (Å²) in [5.41, 5.74) is 7.09. The topological polar surface area (TPSA) is 66.0 Å². The summed E-state index contributed by atoms with van der Waals surface area (Å²) in [5.74, 6) is 1.48. The maximum Gasteiger partial charge on any atom is 0.322 e. The van der Waals surface area contributed by atoms with Crippen LogP contribution in [0.2, 0.25) is 0 Å². The Morgan fingerprint density at radius 2 is 1.74 bits per heavy atom. The van der Waals surface area contributed by atoms with Crippen molar-refractivity contribution < 1.29 is 4.74 Å². The van der Waals surface area contributed by atoms with E-state index >= 15 is 0 Å². The van der Waals surface area contributed by atoms with Crippen LogP contribution in [0.25, 0.3) is 0 Å². The van der Waals surface area contributed by atoms with E-state index in [1.807, 2.05) is 42.7 Å². The fourth-order valence-electron chi connectivity index (χ4n) is 1.87. The molecule has 102 valence electrons. The molecule has 5 heteroatoms. The zero-order valence-corrected chi connectivity index (χ0v) is 11.8. The van der Waals surface area contributed by atoms with Gasteiger partial charge in [0.2, 0.25) is 0 Å². The van der Waals surface area contributed by atoms with Crippen LogP contribution in [0.1, 0.15) is 44.2 Å². The first-order chi connectivity index (χ1) is 8.99. The summed E-state index contributed by atoms with van der Waals surface area (Å²) in [7, 11) is 0. The van der Waals surface area contributed by atoms with E-state index in [0.29, 0.717) is 6.01 Å². The Morgan fingerprint density at radius 3 is 2.26 bits per heavy atom. The molecule has 0 amide bonds. The van der Waals surface area contributed by atoms with E-state index in [9.17, 15) is 0 Å². The van der Waals surface area contributed by atoms with Gasteiger partial charge in [0.25, 0.3) is 0 Å². The van der Waals surface area contributed by atoms with Crippen LogP contribution in [-0.2, 0) is 0 Å². The number of aromatic nitrogens is 3. The normalized spacial score (nSPS) is 12.7. The van der Waals surface area contributed by atoms with Gasteiger partial charge in [-0.2, -0.15) is 0 Å². The molecule has 0 fully saturated rings. The van der Waals surface area contributed by atoms with Gasteiger partial charge < -0.3 is 10.5 Å². The van der Waals surface area contributed by atoms with Gasteiger partial charge in [-0.05, 0) is 39.8 Å². The van der Waals surface area contributed by atoms with Crippen molar-refractivity contribution in [3.05, 3.63) is 35.7 Å². The Labute approximate surface area is 113 Å². The number of ether oxygens (including phenoxy) is 1. The van der Waals surface area contributed by atoms with E-state index in [2.05, 4.69) is 24.0 Å². The van der Waals surface area contributed by atoms with Gasteiger partial charge in [0, 0.05) is 6.04 Å². The molecule has 0 radical (unpaired) electrons. The Hall–Kier alpha value is -1.88. The second kappa shape index (κ2) is 5.40. The number of rotatable bonds is 4. The Bertz CT molecular complexity index is 543.